The summed E-state index contributed by atoms with van der Waals surface area (Å²) in [4.78, 5) is 27.6. The Morgan fingerprint density at radius 2 is 1.90 bits per heavy atom. The minimum atomic E-state index is -0.569. The first kappa shape index (κ1) is 12.6. The zero-order valence-corrected chi connectivity index (χ0v) is 11.8. The number of hydrogen-bond donors (Lipinski definition) is 1. The zero-order chi connectivity index (χ0) is 13.7. The van der Waals surface area contributed by atoms with Crippen LogP contribution in [0.3, 0.4) is 0 Å². The minimum Gasteiger partial charge on any atom is -0.379 e. The number of carbonyl (C=O) groups excluding carboxylic acids is 2. The molecule has 1 spiro atoms. The number of nitrogens with one attached hydrogen (secondary N) is 1. The fraction of sp³-hybridized carbons (Fsp3) is 0.867. The van der Waals surface area contributed by atoms with E-state index in [1.807, 2.05) is 4.90 Å². The second-order valence-corrected chi connectivity index (χ2v) is 6.75. The summed E-state index contributed by atoms with van der Waals surface area (Å²) in [6.45, 7) is 1.30. The van der Waals surface area contributed by atoms with E-state index in [2.05, 4.69) is 5.32 Å². The van der Waals surface area contributed by atoms with Gasteiger partial charge in [-0.1, -0.05) is 12.8 Å². The Balaban J connectivity index is 1.69. The highest BCUT2D eigenvalue weighted by Gasteiger charge is 2.58. The minimum absolute atomic E-state index is 0.0957. The Kier molecular flexibility index (Phi) is 2.81. The van der Waals surface area contributed by atoms with Gasteiger partial charge in [-0.2, -0.15) is 0 Å². The fourth-order valence-corrected chi connectivity index (χ4v) is 4.24. The molecule has 4 rings (SSSR count). The lowest BCUT2D eigenvalue weighted by Crippen LogP contribution is -2.72. The molecule has 20 heavy (non-hydrogen) atoms. The second kappa shape index (κ2) is 4.45. The van der Waals surface area contributed by atoms with Crippen LogP contribution in [0.2, 0.25) is 0 Å². The van der Waals surface area contributed by atoms with Gasteiger partial charge in [-0.15, -0.1) is 0 Å². The molecule has 2 unspecified atom stereocenters. The lowest BCUT2D eigenvalue weighted by atomic mass is 9.86. The smallest absolute Gasteiger partial charge is 0.246 e. The van der Waals surface area contributed by atoms with Crippen molar-refractivity contribution in [3.8, 4) is 0 Å². The van der Waals surface area contributed by atoms with E-state index in [-0.39, 0.29) is 23.9 Å². The van der Waals surface area contributed by atoms with E-state index in [0.717, 1.165) is 44.9 Å². The molecule has 5 nitrogen and oxygen atoms in total. The van der Waals surface area contributed by atoms with Crippen molar-refractivity contribution >= 4 is 11.8 Å². The average molecular weight is 278 g/mol. The number of ether oxygens (including phenoxy) is 1. The highest BCUT2D eigenvalue weighted by atomic mass is 16.5. The van der Waals surface area contributed by atoms with Crippen molar-refractivity contribution in [3.05, 3.63) is 0 Å². The second-order valence-electron chi connectivity index (χ2n) is 6.75. The molecule has 4 aliphatic rings. The molecule has 2 saturated heterocycles. The summed E-state index contributed by atoms with van der Waals surface area (Å²) in [7, 11) is 0. The van der Waals surface area contributed by atoms with Gasteiger partial charge >= 0.3 is 0 Å². The molecule has 2 saturated carbocycles. The predicted octanol–water partition coefficient (Wildman–Crippen LogP) is 0.825. The van der Waals surface area contributed by atoms with Gasteiger partial charge in [0.25, 0.3) is 0 Å². The summed E-state index contributed by atoms with van der Waals surface area (Å²) >= 11 is 0. The maximum absolute atomic E-state index is 13.0. The molecule has 110 valence electrons. The molecule has 2 aliphatic heterocycles. The average Bonchev–Trinajstić information content (AvgIpc) is 2.94. The van der Waals surface area contributed by atoms with Gasteiger partial charge < -0.3 is 15.0 Å². The molecule has 0 aromatic rings. The largest absolute Gasteiger partial charge is 0.379 e. The molecule has 2 aliphatic carbocycles. The third kappa shape index (κ3) is 1.72. The van der Waals surface area contributed by atoms with Crippen LogP contribution in [0, 0.1) is 5.92 Å². The van der Waals surface area contributed by atoms with Gasteiger partial charge in [0.05, 0.1) is 12.6 Å². The summed E-state index contributed by atoms with van der Waals surface area (Å²) in [6.07, 6.45) is 6.73. The van der Waals surface area contributed by atoms with Crippen LogP contribution in [0.15, 0.2) is 0 Å². The van der Waals surface area contributed by atoms with Crippen LogP contribution < -0.4 is 5.32 Å². The molecular weight excluding hydrogens is 256 g/mol. The van der Waals surface area contributed by atoms with Crippen LogP contribution in [-0.4, -0.2) is 47.6 Å². The monoisotopic (exact) mass is 278 g/mol. The molecule has 2 heterocycles. The van der Waals surface area contributed by atoms with Crippen molar-refractivity contribution in [1.29, 1.82) is 0 Å². The van der Waals surface area contributed by atoms with E-state index in [1.54, 1.807) is 0 Å². The summed E-state index contributed by atoms with van der Waals surface area (Å²) in [6, 6.07) is -0.165. The number of hydrogen-bond acceptors (Lipinski definition) is 3. The van der Waals surface area contributed by atoms with E-state index in [0.29, 0.717) is 19.1 Å². The van der Waals surface area contributed by atoms with Crippen LogP contribution in [0.25, 0.3) is 0 Å². The van der Waals surface area contributed by atoms with Gasteiger partial charge in [-0.3, -0.25) is 9.59 Å². The molecule has 0 aromatic carbocycles. The molecular formula is C15H22N2O3. The van der Waals surface area contributed by atoms with Gasteiger partial charge in [0.1, 0.15) is 11.6 Å². The van der Waals surface area contributed by atoms with Crippen molar-refractivity contribution in [1.82, 2.24) is 10.2 Å². The van der Waals surface area contributed by atoms with Crippen molar-refractivity contribution in [3.63, 3.8) is 0 Å². The molecule has 1 N–H and O–H groups in total. The molecule has 2 amide bonds. The van der Waals surface area contributed by atoms with Crippen LogP contribution in [0.1, 0.15) is 44.9 Å². The maximum atomic E-state index is 13.0. The Morgan fingerprint density at radius 3 is 2.50 bits per heavy atom. The van der Waals surface area contributed by atoms with Crippen LogP contribution in [0.5, 0.6) is 0 Å². The van der Waals surface area contributed by atoms with Gasteiger partial charge in [-0.25, -0.2) is 0 Å². The SMILES string of the molecule is O=C1C(C2CC2)NC(=O)C2(CCCC2)N1C1CCOC1. The van der Waals surface area contributed by atoms with E-state index in [4.69, 9.17) is 4.74 Å². The van der Waals surface area contributed by atoms with Crippen molar-refractivity contribution in [2.75, 3.05) is 13.2 Å². The number of amides is 2. The highest BCUT2D eigenvalue weighted by Crippen LogP contribution is 2.44. The lowest BCUT2D eigenvalue weighted by molar-refractivity contribution is -0.161. The fourth-order valence-electron chi connectivity index (χ4n) is 4.24. The maximum Gasteiger partial charge on any atom is 0.246 e. The van der Waals surface area contributed by atoms with Crippen LogP contribution in [-0.2, 0) is 14.3 Å². The normalized spacial score (nSPS) is 36.7. The Morgan fingerprint density at radius 1 is 1.15 bits per heavy atom. The van der Waals surface area contributed by atoms with Crippen molar-refractivity contribution in [2.24, 2.45) is 5.92 Å². The first-order valence-electron chi connectivity index (χ1n) is 7.94. The summed E-state index contributed by atoms with van der Waals surface area (Å²) in [5.41, 5.74) is -0.569. The Bertz CT molecular complexity index is 434. The Labute approximate surface area is 119 Å². The van der Waals surface area contributed by atoms with Gasteiger partial charge in [0, 0.05) is 6.61 Å². The van der Waals surface area contributed by atoms with E-state index in [9.17, 15) is 9.59 Å². The Hall–Kier alpha value is -1.10. The van der Waals surface area contributed by atoms with Crippen molar-refractivity contribution in [2.45, 2.75) is 62.6 Å². The first-order chi connectivity index (χ1) is 9.72. The molecule has 2 atom stereocenters. The highest BCUT2D eigenvalue weighted by molar-refractivity contribution is 6.00. The zero-order valence-electron chi connectivity index (χ0n) is 11.8. The first-order valence-corrected chi connectivity index (χ1v) is 7.94. The summed E-state index contributed by atoms with van der Waals surface area (Å²) < 4.78 is 5.48. The van der Waals surface area contributed by atoms with E-state index in [1.165, 1.54) is 0 Å². The van der Waals surface area contributed by atoms with E-state index < -0.39 is 5.54 Å². The number of carbonyl (C=O) groups is 2. The van der Waals surface area contributed by atoms with Gasteiger partial charge in [-0.05, 0) is 38.0 Å². The third-order valence-electron chi connectivity index (χ3n) is 5.47. The quantitative estimate of drug-likeness (QED) is 0.814. The molecule has 0 aromatic heterocycles. The van der Waals surface area contributed by atoms with E-state index >= 15 is 0 Å². The summed E-state index contributed by atoms with van der Waals surface area (Å²) in [5, 5.41) is 3.04. The molecule has 0 radical (unpaired) electrons. The van der Waals surface area contributed by atoms with Gasteiger partial charge in [0.15, 0.2) is 0 Å². The number of rotatable bonds is 2. The van der Waals surface area contributed by atoms with Crippen molar-refractivity contribution < 1.29 is 14.3 Å². The molecule has 4 fully saturated rings. The topological polar surface area (TPSA) is 58.6 Å². The van der Waals surface area contributed by atoms with Gasteiger partial charge in [0.2, 0.25) is 11.8 Å². The predicted molar refractivity (Wildman–Crippen MR) is 71.9 cm³/mol. The number of nitrogens with zero attached hydrogens (tertiary/aromatic N) is 1. The lowest BCUT2D eigenvalue weighted by Gasteiger charge is -2.49. The molecule has 5 heteroatoms. The third-order valence-corrected chi connectivity index (χ3v) is 5.47. The van der Waals surface area contributed by atoms with Crippen LogP contribution in [0.4, 0.5) is 0 Å². The number of piperazine rings is 1. The standard InChI is InChI=1S/C15H22N2O3/c18-13-12(10-3-4-10)16-14(19)15(6-1-2-7-15)17(13)11-5-8-20-9-11/h10-12H,1-9H2,(H,16,19). The van der Waals surface area contributed by atoms with Crippen LogP contribution >= 0.6 is 0 Å². The summed E-state index contributed by atoms with van der Waals surface area (Å²) in [5.74, 6) is 0.623. The molecule has 0 bridgehead atoms.